The summed E-state index contributed by atoms with van der Waals surface area (Å²) in [6.45, 7) is 1.76. The molecule has 5 N–H and O–H groups in total. The van der Waals surface area contributed by atoms with Crippen LogP contribution in [0.4, 0.5) is 11.4 Å². The van der Waals surface area contributed by atoms with Gasteiger partial charge in [-0.15, -0.1) is 0 Å². The first-order valence-electron chi connectivity index (χ1n) is 7.38. The van der Waals surface area contributed by atoms with Gasteiger partial charge in [-0.2, -0.15) is 0 Å². The summed E-state index contributed by atoms with van der Waals surface area (Å²) in [4.78, 5) is 12.0. The third kappa shape index (κ3) is 4.59. The molecular weight excluding hydrogens is 372 g/mol. The minimum Gasteiger partial charge on any atom is -0.508 e. The molecule has 5 nitrogen and oxygen atoms in total. The number of amides is 1. The smallest absolute Gasteiger partial charge is 0.248 e. The van der Waals surface area contributed by atoms with E-state index in [-0.39, 0.29) is 17.6 Å². The lowest BCUT2D eigenvalue weighted by atomic mass is 9.96. The summed E-state index contributed by atoms with van der Waals surface area (Å²) in [5, 5.41) is 22.9. The van der Waals surface area contributed by atoms with Gasteiger partial charge in [0.25, 0.3) is 0 Å². The second-order valence-electron chi connectivity index (χ2n) is 5.44. The SMILES string of the molecule is C[C@H](/C=C/C(=O)Nc1ccccc1N)[C@H](O)c1cc(Br)ccc1O. The van der Waals surface area contributed by atoms with E-state index < -0.39 is 6.10 Å². The molecule has 0 aliphatic rings. The number of rotatable bonds is 5. The second-order valence-corrected chi connectivity index (χ2v) is 6.36. The van der Waals surface area contributed by atoms with Crippen molar-refractivity contribution in [2.45, 2.75) is 13.0 Å². The van der Waals surface area contributed by atoms with Crippen LogP contribution in [0.2, 0.25) is 0 Å². The van der Waals surface area contributed by atoms with Crippen molar-refractivity contribution in [1.82, 2.24) is 0 Å². The van der Waals surface area contributed by atoms with Crippen LogP contribution >= 0.6 is 15.9 Å². The van der Waals surface area contributed by atoms with Crippen molar-refractivity contribution in [2.75, 3.05) is 11.1 Å². The summed E-state index contributed by atoms with van der Waals surface area (Å²) >= 11 is 3.30. The van der Waals surface area contributed by atoms with Crippen LogP contribution in [0.3, 0.4) is 0 Å². The summed E-state index contributed by atoms with van der Waals surface area (Å²) < 4.78 is 0.753. The Bertz CT molecular complexity index is 762. The third-order valence-electron chi connectivity index (χ3n) is 3.58. The minimum atomic E-state index is -0.937. The zero-order valence-electron chi connectivity index (χ0n) is 13.1. The average Bonchev–Trinajstić information content (AvgIpc) is 2.56. The molecule has 0 spiro atoms. The highest BCUT2D eigenvalue weighted by Crippen LogP contribution is 2.32. The molecule has 2 aromatic rings. The fourth-order valence-corrected chi connectivity index (χ4v) is 2.55. The molecule has 2 rings (SSSR count). The van der Waals surface area contributed by atoms with Crippen LogP contribution in [0.15, 0.2) is 59.1 Å². The molecule has 0 saturated carbocycles. The standard InChI is InChI=1S/C18H19BrN2O3/c1-11(18(24)13-10-12(19)7-8-16(13)22)6-9-17(23)21-15-5-3-2-4-14(15)20/h2-11,18,22,24H,20H2,1H3,(H,21,23)/b9-6+/t11-,18+/m1/s1. The first-order valence-corrected chi connectivity index (χ1v) is 8.18. The summed E-state index contributed by atoms with van der Waals surface area (Å²) in [5.74, 6) is -0.707. The van der Waals surface area contributed by atoms with E-state index in [1.54, 1.807) is 49.4 Å². The van der Waals surface area contributed by atoms with E-state index in [4.69, 9.17) is 5.73 Å². The molecule has 0 aliphatic heterocycles. The van der Waals surface area contributed by atoms with E-state index in [0.29, 0.717) is 16.9 Å². The maximum atomic E-state index is 12.0. The van der Waals surface area contributed by atoms with Crippen LogP contribution in [-0.2, 0) is 4.79 Å². The van der Waals surface area contributed by atoms with Crippen molar-refractivity contribution in [1.29, 1.82) is 0 Å². The number of carbonyl (C=O) groups excluding carboxylic acids is 1. The number of aromatic hydroxyl groups is 1. The average molecular weight is 391 g/mol. The highest BCUT2D eigenvalue weighted by molar-refractivity contribution is 9.10. The van der Waals surface area contributed by atoms with Crippen LogP contribution in [-0.4, -0.2) is 16.1 Å². The number of hydrogen-bond acceptors (Lipinski definition) is 4. The van der Waals surface area contributed by atoms with E-state index in [1.165, 1.54) is 12.1 Å². The summed E-state index contributed by atoms with van der Waals surface area (Å²) in [7, 11) is 0. The number of para-hydroxylation sites is 2. The first kappa shape index (κ1) is 18.0. The molecule has 2 aromatic carbocycles. The van der Waals surface area contributed by atoms with E-state index >= 15 is 0 Å². The lowest BCUT2D eigenvalue weighted by molar-refractivity contribution is -0.111. The van der Waals surface area contributed by atoms with Crippen molar-refractivity contribution >= 4 is 33.2 Å². The van der Waals surface area contributed by atoms with Crippen molar-refractivity contribution in [2.24, 2.45) is 5.92 Å². The predicted octanol–water partition coefficient (Wildman–Crippen LogP) is 3.60. The van der Waals surface area contributed by atoms with Crippen molar-refractivity contribution in [3.63, 3.8) is 0 Å². The Morgan fingerprint density at radius 2 is 2.00 bits per heavy atom. The van der Waals surface area contributed by atoms with Crippen LogP contribution in [0.1, 0.15) is 18.6 Å². The second kappa shape index (κ2) is 7.99. The number of anilines is 2. The topological polar surface area (TPSA) is 95.6 Å². The zero-order chi connectivity index (χ0) is 17.7. The Balaban J connectivity index is 2.04. The quantitative estimate of drug-likeness (QED) is 0.463. The third-order valence-corrected chi connectivity index (χ3v) is 4.07. The molecule has 0 aromatic heterocycles. The minimum absolute atomic E-state index is 0.00691. The predicted molar refractivity (Wildman–Crippen MR) is 98.6 cm³/mol. The zero-order valence-corrected chi connectivity index (χ0v) is 14.7. The molecule has 0 unspecified atom stereocenters. The Morgan fingerprint density at radius 3 is 2.71 bits per heavy atom. The molecule has 1 amide bonds. The molecular formula is C18H19BrN2O3. The monoisotopic (exact) mass is 390 g/mol. The molecule has 0 radical (unpaired) electrons. The number of nitrogen functional groups attached to an aromatic ring is 1. The van der Waals surface area contributed by atoms with Crippen LogP contribution < -0.4 is 11.1 Å². The molecule has 126 valence electrons. The molecule has 0 saturated heterocycles. The van der Waals surface area contributed by atoms with Gasteiger partial charge in [0.05, 0.1) is 17.5 Å². The van der Waals surface area contributed by atoms with Crippen LogP contribution in [0, 0.1) is 5.92 Å². The van der Waals surface area contributed by atoms with Crippen molar-refractivity contribution in [3.8, 4) is 5.75 Å². The Morgan fingerprint density at radius 1 is 1.29 bits per heavy atom. The van der Waals surface area contributed by atoms with Crippen LogP contribution in [0.25, 0.3) is 0 Å². The molecule has 24 heavy (non-hydrogen) atoms. The fraction of sp³-hybridized carbons (Fsp3) is 0.167. The van der Waals surface area contributed by atoms with E-state index in [9.17, 15) is 15.0 Å². The van der Waals surface area contributed by atoms with E-state index in [1.807, 2.05) is 0 Å². The number of halogens is 1. The number of aliphatic hydroxyl groups is 1. The van der Waals surface area contributed by atoms with Gasteiger partial charge in [-0.3, -0.25) is 4.79 Å². The lowest BCUT2D eigenvalue weighted by Gasteiger charge is -2.17. The highest BCUT2D eigenvalue weighted by Gasteiger charge is 2.18. The molecule has 0 fully saturated rings. The van der Waals surface area contributed by atoms with Gasteiger partial charge in [-0.05, 0) is 36.4 Å². The number of carbonyl (C=O) groups is 1. The Kier molecular flexibility index (Phi) is 6.00. The normalized spacial score (nSPS) is 13.6. The van der Waals surface area contributed by atoms with Gasteiger partial charge in [0.15, 0.2) is 0 Å². The van der Waals surface area contributed by atoms with Gasteiger partial charge in [0.2, 0.25) is 5.91 Å². The number of phenols is 1. The van der Waals surface area contributed by atoms with Gasteiger partial charge >= 0.3 is 0 Å². The molecule has 0 aliphatic carbocycles. The van der Waals surface area contributed by atoms with Gasteiger partial charge in [0, 0.05) is 16.0 Å². The van der Waals surface area contributed by atoms with Gasteiger partial charge in [-0.1, -0.05) is 41.1 Å². The summed E-state index contributed by atoms with van der Waals surface area (Å²) in [6.07, 6.45) is 1.99. The molecule has 2 atom stereocenters. The number of nitrogens with two attached hydrogens (primary N) is 1. The maximum absolute atomic E-state index is 12.0. The molecule has 0 heterocycles. The number of benzene rings is 2. The van der Waals surface area contributed by atoms with Gasteiger partial charge < -0.3 is 21.3 Å². The fourth-order valence-electron chi connectivity index (χ4n) is 2.18. The van der Waals surface area contributed by atoms with Crippen molar-refractivity contribution < 1.29 is 15.0 Å². The van der Waals surface area contributed by atoms with Crippen LogP contribution in [0.5, 0.6) is 5.75 Å². The molecule has 0 bridgehead atoms. The summed E-state index contributed by atoms with van der Waals surface area (Å²) in [5.41, 5.74) is 7.18. The van der Waals surface area contributed by atoms with E-state index in [2.05, 4.69) is 21.2 Å². The number of hydrogen-bond donors (Lipinski definition) is 4. The number of phenolic OH excluding ortho intramolecular Hbond substituents is 1. The summed E-state index contributed by atoms with van der Waals surface area (Å²) in [6, 6.07) is 11.8. The van der Waals surface area contributed by atoms with E-state index in [0.717, 1.165) is 4.47 Å². The Hall–Kier alpha value is -2.31. The number of aliphatic hydroxyl groups excluding tert-OH is 1. The first-order chi connectivity index (χ1) is 11.4. The largest absolute Gasteiger partial charge is 0.508 e. The Labute approximate surface area is 148 Å². The number of nitrogens with one attached hydrogen (secondary N) is 1. The molecule has 6 heteroatoms. The van der Waals surface area contributed by atoms with Crippen molar-refractivity contribution in [3.05, 3.63) is 64.7 Å². The lowest BCUT2D eigenvalue weighted by Crippen LogP contribution is -2.12. The highest BCUT2D eigenvalue weighted by atomic mass is 79.9. The van der Waals surface area contributed by atoms with Gasteiger partial charge in [0.1, 0.15) is 5.75 Å². The maximum Gasteiger partial charge on any atom is 0.248 e. The van der Waals surface area contributed by atoms with Gasteiger partial charge in [-0.25, -0.2) is 0 Å².